The zero-order valence-corrected chi connectivity index (χ0v) is 21.5. The average molecular weight is 529 g/mol. The lowest BCUT2D eigenvalue weighted by molar-refractivity contribution is -0.153. The van der Waals surface area contributed by atoms with Gasteiger partial charge in [-0.05, 0) is 68.3 Å². The molecule has 1 aromatic carbocycles. The highest BCUT2D eigenvalue weighted by Crippen LogP contribution is 2.26. The Bertz CT molecular complexity index is 1230. The van der Waals surface area contributed by atoms with Gasteiger partial charge in [0.1, 0.15) is 24.6 Å². The fourth-order valence-corrected chi connectivity index (χ4v) is 4.41. The molecule has 1 aliphatic carbocycles. The zero-order valence-electron chi connectivity index (χ0n) is 20.7. The summed E-state index contributed by atoms with van der Waals surface area (Å²) in [5.41, 5.74) is 0.673. The molecule has 1 unspecified atom stereocenters. The van der Waals surface area contributed by atoms with Crippen LogP contribution in [0.4, 0.5) is 0 Å². The van der Waals surface area contributed by atoms with Gasteiger partial charge in [0.15, 0.2) is 6.04 Å². The molecule has 0 spiro atoms. The maximum absolute atomic E-state index is 13.6. The Morgan fingerprint density at radius 2 is 1.92 bits per heavy atom. The SMILES string of the molecule is CCOC(=O)CN(C(=O)Cn1nnc(-c2ccc(Cl)cc2)n1)C(C(=O)NC1CCCC1)c1ccc(C)o1. The number of furan rings is 1. The number of hydrogen-bond donors (Lipinski definition) is 1. The van der Waals surface area contributed by atoms with Gasteiger partial charge in [0, 0.05) is 16.6 Å². The Morgan fingerprint density at radius 3 is 2.57 bits per heavy atom. The van der Waals surface area contributed by atoms with Crippen LogP contribution in [0.1, 0.15) is 50.2 Å². The number of hydrogen-bond acceptors (Lipinski definition) is 8. The van der Waals surface area contributed by atoms with E-state index in [4.69, 9.17) is 20.8 Å². The number of carbonyl (C=O) groups is 3. The van der Waals surface area contributed by atoms with Crippen LogP contribution in [-0.4, -0.2) is 62.1 Å². The largest absolute Gasteiger partial charge is 0.465 e. The van der Waals surface area contributed by atoms with Crippen molar-refractivity contribution in [1.82, 2.24) is 30.4 Å². The summed E-state index contributed by atoms with van der Waals surface area (Å²) < 4.78 is 10.9. The van der Waals surface area contributed by atoms with Crippen molar-refractivity contribution < 1.29 is 23.5 Å². The molecule has 1 N–H and O–H groups in total. The number of esters is 1. The quantitative estimate of drug-likeness (QED) is 0.397. The summed E-state index contributed by atoms with van der Waals surface area (Å²) in [4.78, 5) is 41.8. The molecular formula is C25H29ClN6O5. The van der Waals surface area contributed by atoms with Gasteiger partial charge in [-0.2, -0.15) is 4.80 Å². The lowest BCUT2D eigenvalue weighted by Crippen LogP contribution is -2.49. The number of amides is 2. The Hall–Kier alpha value is -3.73. The number of ether oxygens (including phenoxy) is 1. The van der Waals surface area contributed by atoms with Crippen LogP contribution in [0.5, 0.6) is 0 Å². The van der Waals surface area contributed by atoms with Crippen LogP contribution in [0.2, 0.25) is 5.02 Å². The smallest absolute Gasteiger partial charge is 0.325 e. The highest BCUT2D eigenvalue weighted by atomic mass is 35.5. The molecule has 11 nitrogen and oxygen atoms in total. The first-order valence-corrected chi connectivity index (χ1v) is 12.6. The molecule has 3 aromatic rings. The van der Waals surface area contributed by atoms with Crippen LogP contribution in [0.25, 0.3) is 11.4 Å². The van der Waals surface area contributed by atoms with E-state index in [0.29, 0.717) is 22.2 Å². The van der Waals surface area contributed by atoms with Gasteiger partial charge in [-0.15, -0.1) is 10.2 Å². The minimum Gasteiger partial charge on any atom is -0.465 e. The van der Waals surface area contributed by atoms with E-state index in [2.05, 4.69) is 20.7 Å². The van der Waals surface area contributed by atoms with E-state index in [1.807, 2.05) is 0 Å². The summed E-state index contributed by atoms with van der Waals surface area (Å²) in [6, 6.07) is 9.03. The molecule has 1 aliphatic rings. The molecule has 37 heavy (non-hydrogen) atoms. The Morgan fingerprint density at radius 1 is 1.19 bits per heavy atom. The second-order valence-electron chi connectivity index (χ2n) is 8.82. The summed E-state index contributed by atoms with van der Waals surface area (Å²) in [7, 11) is 0. The molecule has 2 heterocycles. The Balaban J connectivity index is 1.60. The van der Waals surface area contributed by atoms with Gasteiger partial charge >= 0.3 is 5.97 Å². The predicted molar refractivity (Wildman–Crippen MR) is 133 cm³/mol. The average Bonchev–Trinajstić information content (AvgIpc) is 3.63. The van der Waals surface area contributed by atoms with Crippen molar-refractivity contribution in [3.8, 4) is 11.4 Å². The van der Waals surface area contributed by atoms with Gasteiger partial charge in [-0.3, -0.25) is 14.4 Å². The predicted octanol–water partition coefficient (Wildman–Crippen LogP) is 3.09. The molecule has 2 aromatic heterocycles. The Labute approximate surface area is 219 Å². The molecule has 0 saturated heterocycles. The van der Waals surface area contributed by atoms with E-state index in [9.17, 15) is 14.4 Å². The topological polar surface area (TPSA) is 132 Å². The number of rotatable bonds is 10. The minimum atomic E-state index is -1.18. The fourth-order valence-electron chi connectivity index (χ4n) is 4.28. The molecular weight excluding hydrogens is 500 g/mol. The summed E-state index contributed by atoms with van der Waals surface area (Å²) >= 11 is 5.94. The van der Waals surface area contributed by atoms with Crippen molar-refractivity contribution in [2.24, 2.45) is 0 Å². The first kappa shape index (κ1) is 26.3. The van der Waals surface area contributed by atoms with Gasteiger partial charge in [-0.25, -0.2) is 0 Å². The first-order chi connectivity index (χ1) is 17.8. The van der Waals surface area contributed by atoms with Gasteiger partial charge in [-0.1, -0.05) is 24.4 Å². The third kappa shape index (κ3) is 6.73. The van der Waals surface area contributed by atoms with Crippen molar-refractivity contribution in [2.75, 3.05) is 13.2 Å². The number of nitrogens with one attached hydrogen (secondary N) is 1. The van der Waals surface area contributed by atoms with Crippen molar-refractivity contribution in [3.05, 3.63) is 52.9 Å². The van der Waals surface area contributed by atoms with Crippen LogP contribution in [0, 0.1) is 6.92 Å². The van der Waals surface area contributed by atoms with Gasteiger partial charge < -0.3 is 19.4 Å². The van der Waals surface area contributed by atoms with Crippen molar-refractivity contribution >= 4 is 29.4 Å². The third-order valence-corrected chi connectivity index (χ3v) is 6.30. The molecule has 1 fully saturated rings. The molecule has 0 aliphatic heterocycles. The third-order valence-electron chi connectivity index (χ3n) is 6.05. The van der Waals surface area contributed by atoms with Crippen molar-refractivity contribution in [3.63, 3.8) is 0 Å². The highest BCUT2D eigenvalue weighted by molar-refractivity contribution is 6.30. The zero-order chi connectivity index (χ0) is 26.4. The van der Waals surface area contributed by atoms with E-state index >= 15 is 0 Å². The lowest BCUT2D eigenvalue weighted by Gasteiger charge is -2.29. The summed E-state index contributed by atoms with van der Waals surface area (Å²) in [6.45, 7) is 2.74. The van der Waals surface area contributed by atoms with Gasteiger partial charge in [0.05, 0.1) is 6.61 Å². The fraction of sp³-hybridized carbons (Fsp3) is 0.440. The molecule has 196 valence electrons. The van der Waals surface area contributed by atoms with Crippen LogP contribution in [0.3, 0.4) is 0 Å². The van der Waals surface area contributed by atoms with Crippen LogP contribution in [0.15, 0.2) is 40.8 Å². The number of aromatic nitrogens is 4. The maximum atomic E-state index is 13.6. The number of carbonyl (C=O) groups excluding carboxylic acids is 3. The summed E-state index contributed by atoms with van der Waals surface area (Å²) in [6.07, 6.45) is 3.76. The first-order valence-electron chi connectivity index (χ1n) is 12.2. The molecule has 2 amide bonds. The molecule has 1 atom stereocenters. The number of halogens is 1. The second kappa shape index (κ2) is 12.0. The molecule has 12 heteroatoms. The van der Waals surface area contributed by atoms with Gasteiger partial charge in [0.2, 0.25) is 11.7 Å². The number of benzene rings is 1. The van der Waals surface area contributed by atoms with E-state index in [1.165, 1.54) is 0 Å². The van der Waals surface area contributed by atoms with E-state index < -0.39 is 30.4 Å². The van der Waals surface area contributed by atoms with Crippen LogP contribution in [-0.2, 0) is 25.7 Å². The maximum Gasteiger partial charge on any atom is 0.325 e. The van der Waals surface area contributed by atoms with Crippen LogP contribution < -0.4 is 5.32 Å². The van der Waals surface area contributed by atoms with Gasteiger partial charge in [0.25, 0.3) is 5.91 Å². The number of nitrogens with zero attached hydrogens (tertiary/aromatic N) is 5. The standard InChI is InChI=1S/C25H29ClN6O5/c1-3-36-22(34)15-31(21(33)14-32-29-24(28-30-32)17-9-11-18(26)12-10-17)23(20-13-8-16(2)37-20)25(35)27-19-6-4-5-7-19/h8-13,19,23H,3-7,14-15H2,1-2H3,(H,27,35). The second-order valence-corrected chi connectivity index (χ2v) is 9.25. The van der Waals surface area contributed by atoms with E-state index in [0.717, 1.165) is 35.4 Å². The Kier molecular flexibility index (Phi) is 8.54. The van der Waals surface area contributed by atoms with E-state index in [-0.39, 0.29) is 25.0 Å². The molecule has 4 rings (SSSR count). The summed E-state index contributed by atoms with van der Waals surface area (Å²) in [5.74, 6) is -0.521. The van der Waals surface area contributed by atoms with Crippen molar-refractivity contribution in [2.45, 2.75) is 58.2 Å². The van der Waals surface area contributed by atoms with Crippen LogP contribution >= 0.6 is 11.6 Å². The van der Waals surface area contributed by atoms with E-state index in [1.54, 1.807) is 50.2 Å². The molecule has 0 bridgehead atoms. The normalized spacial score (nSPS) is 14.4. The molecule has 1 saturated carbocycles. The lowest BCUT2D eigenvalue weighted by atomic mass is 10.1. The summed E-state index contributed by atoms with van der Waals surface area (Å²) in [5, 5.41) is 15.8. The van der Waals surface area contributed by atoms with Crippen molar-refractivity contribution in [1.29, 1.82) is 0 Å². The number of tetrazole rings is 1. The highest BCUT2D eigenvalue weighted by Gasteiger charge is 2.37. The monoisotopic (exact) mass is 528 g/mol. The molecule has 0 radical (unpaired) electrons. The number of aryl methyl sites for hydroxylation is 1. The minimum absolute atomic E-state index is 0.00419.